The highest BCUT2D eigenvalue weighted by Gasteiger charge is 2.37. The van der Waals surface area contributed by atoms with Gasteiger partial charge in [-0.25, -0.2) is 0 Å². The average Bonchev–Trinajstić information content (AvgIpc) is 2.93. The Balaban J connectivity index is 2.09. The number of nitrogens with one attached hydrogen (secondary N) is 1. The normalized spacial score (nSPS) is 17.1. The van der Waals surface area contributed by atoms with E-state index in [-0.39, 0.29) is 11.8 Å². The zero-order chi connectivity index (χ0) is 15.7. The fourth-order valence-electron chi connectivity index (χ4n) is 2.70. The van der Waals surface area contributed by atoms with Gasteiger partial charge in [-0.2, -0.15) is 0 Å². The number of carbonyl (C=O) groups excluding carboxylic acids is 2. The van der Waals surface area contributed by atoms with E-state index in [2.05, 4.69) is 10.5 Å². The minimum absolute atomic E-state index is 0.164. The summed E-state index contributed by atoms with van der Waals surface area (Å²) < 4.78 is 4.87. The van der Waals surface area contributed by atoms with Gasteiger partial charge in [0.15, 0.2) is 0 Å². The number of benzene rings is 1. The number of anilines is 2. The van der Waals surface area contributed by atoms with Crippen molar-refractivity contribution in [1.29, 1.82) is 0 Å². The number of hydrogen-bond acceptors (Lipinski definition) is 4. The molecule has 2 aromatic rings. The van der Waals surface area contributed by atoms with E-state index in [9.17, 15) is 9.59 Å². The lowest BCUT2D eigenvalue weighted by atomic mass is 10.0. The second-order valence-corrected chi connectivity index (χ2v) is 5.30. The molecule has 1 aliphatic heterocycles. The molecule has 1 unspecified atom stereocenters. The van der Waals surface area contributed by atoms with Crippen LogP contribution >= 0.6 is 0 Å². The molecule has 2 heterocycles. The minimum Gasteiger partial charge on any atom is -0.364 e. The number of fused-ring (bicyclic) bond motifs is 1. The average molecular weight is 299 g/mol. The molecule has 0 aliphatic carbocycles. The van der Waals surface area contributed by atoms with Crippen molar-refractivity contribution in [3.8, 4) is 0 Å². The first-order chi connectivity index (χ1) is 10.6. The quantitative estimate of drug-likeness (QED) is 0.945. The number of aromatic nitrogens is 1. The van der Waals surface area contributed by atoms with Crippen LogP contribution in [0.2, 0.25) is 0 Å². The van der Waals surface area contributed by atoms with Gasteiger partial charge in [-0.1, -0.05) is 30.6 Å². The van der Waals surface area contributed by atoms with E-state index >= 15 is 0 Å². The molecule has 0 saturated carbocycles. The molecular weight excluding hydrogens is 282 g/mol. The Kier molecular flexibility index (Phi) is 3.66. The van der Waals surface area contributed by atoms with E-state index in [4.69, 9.17) is 4.52 Å². The largest absolute Gasteiger partial charge is 0.364 e. The van der Waals surface area contributed by atoms with Crippen LogP contribution < -0.4 is 10.2 Å². The van der Waals surface area contributed by atoms with Crippen molar-refractivity contribution in [2.24, 2.45) is 0 Å². The predicted octanol–water partition coefficient (Wildman–Crippen LogP) is 2.75. The van der Waals surface area contributed by atoms with E-state index < -0.39 is 6.04 Å². The summed E-state index contributed by atoms with van der Waals surface area (Å²) in [5.74, 6) is -0.428. The van der Waals surface area contributed by atoms with Gasteiger partial charge in [0.25, 0.3) is 5.91 Å². The summed E-state index contributed by atoms with van der Waals surface area (Å²) in [6.07, 6.45) is 2.72. The summed E-state index contributed by atoms with van der Waals surface area (Å²) in [6, 6.07) is 6.77. The van der Waals surface area contributed by atoms with E-state index in [0.717, 1.165) is 6.42 Å². The topological polar surface area (TPSA) is 75.4 Å². The lowest BCUT2D eigenvalue weighted by molar-refractivity contribution is -0.117. The van der Waals surface area contributed by atoms with Crippen LogP contribution in [0.25, 0.3) is 0 Å². The maximum absolute atomic E-state index is 12.9. The van der Waals surface area contributed by atoms with E-state index in [1.54, 1.807) is 17.9 Å². The number of nitrogens with zero attached hydrogens (tertiary/aromatic N) is 2. The fraction of sp³-hybridized carbons (Fsp3) is 0.312. The number of para-hydroxylation sites is 2. The summed E-state index contributed by atoms with van der Waals surface area (Å²) in [4.78, 5) is 26.8. The molecule has 1 N–H and O–H groups in total. The van der Waals surface area contributed by atoms with E-state index in [1.807, 2.05) is 25.1 Å². The first-order valence-corrected chi connectivity index (χ1v) is 7.28. The summed E-state index contributed by atoms with van der Waals surface area (Å²) in [6.45, 7) is 3.70. The SMILES string of the molecule is CCCC1C(=O)Nc2ccccc2N1C(=O)c1conc1C. The van der Waals surface area contributed by atoms with Crippen LogP contribution in [-0.4, -0.2) is 23.0 Å². The minimum atomic E-state index is -0.526. The molecule has 0 radical (unpaired) electrons. The fourth-order valence-corrected chi connectivity index (χ4v) is 2.70. The Bertz CT molecular complexity index is 723. The summed E-state index contributed by atoms with van der Waals surface area (Å²) in [7, 11) is 0. The molecule has 0 fully saturated rings. The van der Waals surface area contributed by atoms with Crippen LogP contribution in [-0.2, 0) is 4.79 Å². The molecule has 0 saturated heterocycles. The summed E-state index contributed by atoms with van der Waals surface area (Å²) in [5.41, 5.74) is 2.24. The zero-order valence-electron chi connectivity index (χ0n) is 12.5. The predicted molar refractivity (Wildman–Crippen MR) is 81.8 cm³/mol. The third-order valence-electron chi connectivity index (χ3n) is 3.80. The van der Waals surface area contributed by atoms with Gasteiger partial charge in [0, 0.05) is 0 Å². The molecule has 2 amide bonds. The van der Waals surface area contributed by atoms with Gasteiger partial charge >= 0.3 is 0 Å². The van der Waals surface area contributed by atoms with Gasteiger partial charge in [0.05, 0.1) is 17.1 Å². The Hall–Kier alpha value is -2.63. The highest BCUT2D eigenvalue weighted by atomic mass is 16.5. The number of amides is 2. The van der Waals surface area contributed by atoms with Crippen LogP contribution in [0.15, 0.2) is 35.1 Å². The lowest BCUT2D eigenvalue weighted by Gasteiger charge is -2.36. The highest BCUT2D eigenvalue weighted by Crippen LogP contribution is 2.34. The zero-order valence-corrected chi connectivity index (χ0v) is 12.5. The molecule has 1 aromatic heterocycles. The van der Waals surface area contributed by atoms with Crippen LogP contribution in [0.4, 0.5) is 11.4 Å². The Morgan fingerprint density at radius 1 is 1.41 bits per heavy atom. The van der Waals surface area contributed by atoms with E-state index in [1.165, 1.54) is 6.26 Å². The number of aryl methyl sites for hydroxylation is 1. The summed E-state index contributed by atoms with van der Waals surface area (Å²) >= 11 is 0. The van der Waals surface area contributed by atoms with Gasteiger partial charge in [0.1, 0.15) is 17.9 Å². The second-order valence-electron chi connectivity index (χ2n) is 5.30. The van der Waals surface area contributed by atoms with Crippen LogP contribution in [0.1, 0.15) is 35.8 Å². The third-order valence-corrected chi connectivity index (χ3v) is 3.80. The lowest BCUT2D eigenvalue weighted by Crippen LogP contribution is -2.51. The maximum Gasteiger partial charge on any atom is 0.264 e. The van der Waals surface area contributed by atoms with Crippen molar-refractivity contribution in [3.05, 3.63) is 41.8 Å². The van der Waals surface area contributed by atoms with Crippen molar-refractivity contribution in [3.63, 3.8) is 0 Å². The third kappa shape index (κ3) is 2.26. The van der Waals surface area contributed by atoms with Crippen molar-refractivity contribution in [2.45, 2.75) is 32.7 Å². The molecule has 6 nitrogen and oxygen atoms in total. The smallest absolute Gasteiger partial charge is 0.264 e. The van der Waals surface area contributed by atoms with Crippen molar-refractivity contribution >= 4 is 23.2 Å². The number of carbonyl (C=O) groups is 2. The summed E-state index contributed by atoms with van der Waals surface area (Å²) in [5, 5.41) is 6.62. The van der Waals surface area contributed by atoms with Crippen LogP contribution in [0, 0.1) is 6.92 Å². The standard InChI is InChI=1S/C16H17N3O3/c1-3-6-14-15(20)17-12-7-4-5-8-13(12)19(14)16(21)11-9-22-18-10(11)2/h4-5,7-9,14H,3,6H2,1-2H3,(H,17,20). The molecule has 6 heteroatoms. The van der Waals surface area contributed by atoms with E-state index in [0.29, 0.717) is 29.1 Å². The Morgan fingerprint density at radius 2 is 2.18 bits per heavy atom. The second kappa shape index (κ2) is 5.63. The Labute approximate surface area is 128 Å². The molecular formula is C16H17N3O3. The van der Waals surface area contributed by atoms with Crippen molar-refractivity contribution in [2.75, 3.05) is 10.2 Å². The first-order valence-electron chi connectivity index (χ1n) is 7.28. The Morgan fingerprint density at radius 3 is 2.86 bits per heavy atom. The molecule has 1 aromatic carbocycles. The molecule has 0 bridgehead atoms. The maximum atomic E-state index is 12.9. The molecule has 0 spiro atoms. The number of hydrogen-bond donors (Lipinski definition) is 1. The van der Waals surface area contributed by atoms with Crippen LogP contribution in [0.3, 0.4) is 0 Å². The molecule has 114 valence electrons. The monoisotopic (exact) mass is 299 g/mol. The van der Waals surface area contributed by atoms with Gasteiger partial charge < -0.3 is 9.84 Å². The molecule has 1 atom stereocenters. The van der Waals surface area contributed by atoms with Crippen molar-refractivity contribution < 1.29 is 14.1 Å². The van der Waals surface area contributed by atoms with Gasteiger partial charge in [-0.15, -0.1) is 0 Å². The van der Waals surface area contributed by atoms with Gasteiger partial charge in [-0.3, -0.25) is 14.5 Å². The van der Waals surface area contributed by atoms with Gasteiger partial charge in [0.2, 0.25) is 5.91 Å². The molecule has 1 aliphatic rings. The van der Waals surface area contributed by atoms with Gasteiger partial charge in [-0.05, 0) is 25.5 Å². The molecule has 3 rings (SSSR count). The first kappa shape index (κ1) is 14.3. The highest BCUT2D eigenvalue weighted by molar-refractivity contribution is 6.16. The van der Waals surface area contributed by atoms with Crippen LogP contribution in [0.5, 0.6) is 0 Å². The molecule has 22 heavy (non-hydrogen) atoms. The number of rotatable bonds is 3. The van der Waals surface area contributed by atoms with Crippen molar-refractivity contribution in [1.82, 2.24) is 5.16 Å².